The fourth-order valence-electron chi connectivity index (χ4n) is 5.17. The van der Waals surface area contributed by atoms with Crippen LogP contribution in [0.1, 0.15) is 53.7 Å². The molecule has 6 nitrogen and oxygen atoms in total. The molecular formula is C25H29N3O3. The van der Waals surface area contributed by atoms with Crippen LogP contribution in [0.25, 0.3) is 0 Å². The number of likely N-dealkylation sites (tertiary alicyclic amines) is 1. The molecule has 0 unspecified atom stereocenters. The summed E-state index contributed by atoms with van der Waals surface area (Å²) < 4.78 is 5.36. The quantitative estimate of drug-likeness (QED) is 0.795. The van der Waals surface area contributed by atoms with Crippen molar-refractivity contribution in [1.82, 2.24) is 9.80 Å². The molecule has 162 valence electrons. The van der Waals surface area contributed by atoms with Crippen LogP contribution in [-0.4, -0.2) is 47.5 Å². The van der Waals surface area contributed by atoms with E-state index in [1.54, 1.807) is 6.07 Å². The molecule has 2 aromatic carbocycles. The summed E-state index contributed by atoms with van der Waals surface area (Å²) in [4.78, 5) is 29.5. The number of rotatable bonds is 2. The van der Waals surface area contributed by atoms with Gasteiger partial charge in [0.25, 0.3) is 5.91 Å². The van der Waals surface area contributed by atoms with Crippen molar-refractivity contribution >= 4 is 17.7 Å². The highest BCUT2D eigenvalue weighted by Gasteiger charge is 2.34. The van der Waals surface area contributed by atoms with Crippen LogP contribution in [0.2, 0.25) is 0 Å². The van der Waals surface area contributed by atoms with Crippen molar-refractivity contribution in [1.29, 1.82) is 0 Å². The zero-order valence-corrected chi connectivity index (χ0v) is 18.2. The van der Waals surface area contributed by atoms with Gasteiger partial charge in [-0.3, -0.25) is 15.0 Å². The van der Waals surface area contributed by atoms with E-state index in [9.17, 15) is 9.59 Å². The first kappa shape index (κ1) is 20.1. The molecule has 2 aromatic rings. The van der Waals surface area contributed by atoms with Gasteiger partial charge in [0.05, 0.1) is 5.69 Å². The average Bonchev–Trinajstić information content (AvgIpc) is 2.77. The molecule has 0 atom stereocenters. The van der Waals surface area contributed by atoms with Gasteiger partial charge in [-0.15, -0.1) is 0 Å². The van der Waals surface area contributed by atoms with Gasteiger partial charge in [0.15, 0.2) is 0 Å². The molecule has 0 saturated carbocycles. The van der Waals surface area contributed by atoms with E-state index >= 15 is 0 Å². The number of cyclic esters (lactones) is 1. The zero-order chi connectivity index (χ0) is 21.6. The molecule has 2 amide bonds. The second-order valence-electron chi connectivity index (χ2n) is 9.30. The molecule has 31 heavy (non-hydrogen) atoms. The highest BCUT2D eigenvalue weighted by Crippen LogP contribution is 2.36. The number of benzene rings is 2. The monoisotopic (exact) mass is 419 g/mol. The van der Waals surface area contributed by atoms with Crippen LogP contribution in [0.5, 0.6) is 0 Å². The van der Waals surface area contributed by atoms with Gasteiger partial charge in [-0.1, -0.05) is 30.3 Å². The predicted octanol–water partition coefficient (Wildman–Crippen LogP) is 4.15. The van der Waals surface area contributed by atoms with Crippen molar-refractivity contribution in [3.63, 3.8) is 0 Å². The minimum absolute atomic E-state index is 0.0313. The highest BCUT2D eigenvalue weighted by molar-refractivity contribution is 5.97. The molecule has 3 aliphatic heterocycles. The van der Waals surface area contributed by atoms with Gasteiger partial charge in [-0.2, -0.15) is 0 Å². The summed E-state index contributed by atoms with van der Waals surface area (Å²) in [5.74, 6) is 0.0313. The van der Waals surface area contributed by atoms with Crippen molar-refractivity contribution in [3.05, 3.63) is 64.7 Å². The Morgan fingerprint density at radius 1 is 1.06 bits per heavy atom. The van der Waals surface area contributed by atoms with Gasteiger partial charge < -0.3 is 9.64 Å². The summed E-state index contributed by atoms with van der Waals surface area (Å²) in [5.41, 5.74) is 4.36. The lowest BCUT2D eigenvalue weighted by Gasteiger charge is -2.40. The largest absolute Gasteiger partial charge is 0.438 e. The number of anilines is 1. The number of ether oxygens (including phenoxy) is 1. The van der Waals surface area contributed by atoms with E-state index in [2.05, 4.69) is 34.5 Å². The van der Waals surface area contributed by atoms with Gasteiger partial charge >= 0.3 is 6.09 Å². The van der Waals surface area contributed by atoms with Crippen LogP contribution >= 0.6 is 0 Å². The van der Waals surface area contributed by atoms with Crippen molar-refractivity contribution in [2.45, 2.75) is 51.3 Å². The van der Waals surface area contributed by atoms with Gasteiger partial charge in [0, 0.05) is 43.3 Å². The summed E-state index contributed by atoms with van der Waals surface area (Å²) in [6.07, 6.45) is 2.62. The Bertz CT molecular complexity index is 1020. The highest BCUT2D eigenvalue weighted by atomic mass is 16.6. The minimum Gasteiger partial charge on any atom is -0.438 e. The molecular weight excluding hydrogens is 390 g/mol. The molecule has 1 fully saturated rings. The maximum Gasteiger partial charge on any atom is 0.412 e. The third-order valence-corrected chi connectivity index (χ3v) is 6.93. The van der Waals surface area contributed by atoms with E-state index in [-0.39, 0.29) is 5.91 Å². The molecule has 1 N–H and O–H groups in total. The van der Waals surface area contributed by atoms with Crippen molar-refractivity contribution < 1.29 is 14.3 Å². The molecule has 0 radical (unpaired) electrons. The SMILES string of the molecule is CC1(C)OC(=O)Nc2cc(C(=O)N3CCC(N4CCc5ccccc5C4)CC3)ccc21. The third-order valence-electron chi connectivity index (χ3n) is 6.93. The fraction of sp³-hybridized carbons (Fsp3) is 0.440. The number of nitrogens with one attached hydrogen (secondary N) is 1. The number of carbonyl (C=O) groups excluding carboxylic acids is 2. The number of nitrogens with zero attached hydrogens (tertiary/aromatic N) is 2. The van der Waals surface area contributed by atoms with Gasteiger partial charge in [-0.25, -0.2) is 4.79 Å². The van der Waals surface area contributed by atoms with Crippen molar-refractivity contribution in [3.8, 4) is 0 Å². The lowest BCUT2D eigenvalue weighted by molar-refractivity contribution is 0.0418. The summed E-state index contributed by atoms with van der Waals surface area (Å²) in [7, 11) is 0. The Morgan fingerprint density at radius 2 is 1.81 bits per heavy atom. The molecule has 6 heteroatoms. The van der Waals surface area contributed by atoms with Crippen LogP contribution in [-0.2, 0) is 23.3 Å². The second kappa shape index (κ2) is 7.68. The van der Waals surface area contributed by atoms with E-state index < -0.39 is 11.7 Å². The first-order chi connectivity index (χ1) is 14.9. The molecule has 0 bridgehead atoms. The lowest BCUT2D eigenvalue weighted by Crippen LogP contribution is -2.48. The molecule has 0 spiro atoms. The summed E-state index contributed by atoms with van der Waals surface area (Å²) in [5, 5.41) is 2.73. The molecule has 0 aliphatic carbocycles. The number of carbonyl (C=O) groups is 2. The predicted molar refractivity (Wildman–Crippen MR) is 119 cm³/mol. The van der Waals surface area contributed by atoms with Crippen LogP contribution in [0.4, 0.5) is 10.5 Å². The topological polar surface area (TPSA) is 61.9 Å². The van der Waals surface area contributed by atoms with E-state index in [0.717, 1.165) is 51.0 Å². The standard InChI is InChI=1S/C25H29N3O3/c1-25(2)21-8-7-18(15-22(21)26-24(30)31-25)23(29)27-13-10-20(11-14-27)28-12-9-17-5-3-4-6-19(17)16-28/h3-8,15,20H,9-14,16H2,1-2H3,(H,26,30). The number of hydrogen-bond donors (Lipinski definition) is 1. The Labute approximate surface area is 183 Å². The molecule has 3 aliphatic rings. The maximum atomic E-state index is 13.1. The molecule has 1 saturated heterocycles. The van der Waals surface area contributed by atoms with Crippen molar-refractivity contribution in [2.75, 3.05) is 25.0 Å². The number of hydrogen-bond acceptors (Lipinski definition) is 4. The van der Waals surface area contributed by atoms with E-state index in [1.807, 2.05) is 30.9 Å². The Balaban J connectivity index is 1.24. The number of piperidine rings is 1. The first-order valence-corrected chi connectivity index (χ1v) is 11.2. The van der Waals surface area contributed by atoms with Gasteiger partial charge in [0.2, 0.25) is 0 Å². The summed E-state index contributed by atoms with van der Waals surface area (Å²) >= 11 is 0. The smallest absolute Gasteiger partial charge is 0.412 e. The van der Waals surface area contributed by atoms with Crippen molar-refractivity contribution in [2.24, 2.45) is 0 Å². The Hall–Kier alpha value is -2.86. The van der Waals surface area contributed by atoms with Crippen LogP contribution in [0, 0.1) is 0 Å². The van der Waals surface area contributed by atoms with Gasteiger partial charge in [0.1, 0.15) is 5.60 Å². The summed E-state index contributed by atoms with van der Waals surface area (Å²) in [6.45, 7) is 7.35. The van der Waals surface area contributed by atoms with Crippen LogP contribution in [0.3, 0.4) is 0 Å². The van der Waals surface area contributed by atoms with Gasteiger partial charge in [-0.05, 0) is 56.4 Å². The molecule has 3 heterocycles. The Kier molecular flexibility index (Phi) is 4.97. The summed E-state index contributed by atoms with van der Waals surface area (Å²) in [6, 6.07) is 14.8. The number of fused-ring (bicyclic) bond motifs is 2. The molecule has 5 rings (SSSR count). The third kappa shape index (κ3) is 3.81. The molecule has 0 aromatic heterocycles. The maximum absolute atomic E-state index is 13.1. The first-order valence-electron chi connectivity index (χ1n) is 11.2. The normalized spacial score (nSPS) is 21.0. The fourth-order valence-corrected chi connectivity index (χ4v) is 5.17. The zero-order valence-electron chi connectivity index (χ0n) is 18.2. The average molecular weight is 420 g/mol. The Morgan fingerprint density at radius 3 is 2.58 bits per heavy atom. The minimum atomic E-state index is -0.704. The number of amides is 2. The van der Waals surface area contributed by atoms with E-state index in [0.29, 0.717) is 17.3 Å². The van der Waals surface area contributed by atoms with E-state index in [1.165, 1.54) is 11.1 Å². The van der Waals surface area contributed by atoms with E-state index in [4.69, 9.17) is 4.74 Å². The lowest BCUT2D eigenvalue weighted by atomic mass is 9.93. The van der Waals surface area contributed by atoms with Crippen LogP contribution < -0.4 is 5.32 Å². The second-order valence-corrected chi connectivity index (χ2v) is 9.30. The van der Waals surface area contributed by atoms with Crippen LogP contribution in [0.15, 0.2) is 42.5 Å².